The van der Waals surface area contributed by atoms with E-state index in [9.17, 15) is 8.76 Å². The second kappa shape index (κ2) is 15.4. The monoisotopic (exact) mass is 819 g/mol. The Morgan fingerprint density at radius 3 is 1.53 bits per heavy atom. The molecule has 9 aromatic rings. The molecule has 0 saturated carbocycles. The summed E-state index contributed by atoms with van der Waals surface area (Å²) < 4.78 is 32.0. The number of para-hydroxylation sites is 2. The molecule has 0 amide bonds. The van der Waals surface area contributed by atoms with E-state index in [2.05, 4.69) is 164 Å². The molecule has 1 N–H and O–H groups in total. The van der Waals surface area contributed by atoms with Crippen molar-refractivity contribution in [1.82, 2.24) is 0 Å². The van der Waals surface area contributed by atoms with Crippen LogP contribution < -0.4 is 4.74 Å². The van der Waals surface area contributed by atoms with Crippen molar-refractivity contribution in [2.24, 2.45) is 0 Å². The predicted molar refractivity (Wildman–Crippen MR) is 251 cm³/mol. The van der Waals surface area contributed by atoms with E-state index < -0.39 is 15.6 Å². The van der Waals surface area contributed by atoms with Crippen LogP contribution in [-0.4, -0.2) is 4.55 Å². The molecule has 62 heavy (non-hydrogen) atoms. The van der Waals surface area contributed by atoms with E-state index in [0.29, 0.717) is 9.79 Å². The first kappa shape index (κ1) is 37.9. The van der Waals surface area contributed by atoms with Gasteiger partial charge in [-0.25, -0.2) is 0 Å². The minimum atomic E-state index is -3.39. The third-order valence-corrected chi connectivity index (χ3v) is 14.8. The van der Waals surface area contributed by atoms with E-state index in [0.717, 1.165) is 57.7 Å². The molecule has 0 saturated heterocycles. The SMILES string of the molecule is O=[S+]1(O)c2ccccc2-c2cc(C3(c4ccc(C(CCc5ccc(-c6ccccc6)cc5)c5ccc(-c6ccccc6)cc5)cc4)c4ccccc4Oc4ccccc43)ccc21. The van der Waals surface area contributed by atoms with Crippen LogP contribution in [0.25, 0.3) is 33.4 Å². The fourth-order valence-electron chi connectivity index (χ4n) is 9.88. The highest BCUT2D eigenvalue weighted by Crippen LogP contribution is 2.57. The molecule has 0 aromatic heterocycles. The molecule has 9 aromatic carbocycles. The lowest BCUT2D eigenvalue weighted by atomic mass is 9.63. The third-order valence-electron chi connectivity index (χ3n) is 12.9. The van der Waals surface area contributed by atoms with Crippen LogP contribution in [0.2, 0.25) is 0 Å². The van der Waals surface area contributed by atoms with E-state index in [1.165, 1.54) is 38.9 Å². The summed E-state index contributed by atoms with van der Waals surface area (Å²) in [6.07, 6.45) is 1.86. The van der Waals surface area contributed by atoms with Gasteiger partial charge in [0.05, 0.1) is 5.41 Å². The lowest BCUT2D eigenvalue weighted by Gasteiger charge is -2.41. The highest BCUT2D eigenvalue weighted by molar-refractivity contribution is 7.98. The minimum absolute atomic E-state index is 0.141. The standard InChI is InChI=1S/C58H42O3S/c59-62(60)56-22-12-7-17-50(56)51-39-48(36-38-57(51)62)58(52-18-8-10-20-54(52)61-55-21-11-9-19-53(55)58)47-34-32-46(33-35-47)49(45-30-28-44(29-31-45)42-15-5-2-6-16-42)37-25-40-23-26-43(27-24-40)41-13-3-1-4-14-41/h1-24,26-36,38-39,49H,25,37H2/p+1. The number of aryl methyl sites for hydroxylation is 1. The number of hydrogen-bond acceptors (Lipinski definition) is 2. The van der Waals surface area contributed by atoms with E-state index in [1.54, 1.807) is 6.07 Å². The second-order valence-corrected chi connectivity index (χ2v) is 18.3. The molecule has 0 fully saturated rings. The fourth-order valence-corrected chi connectivity index (χ4v) is 11.6. The molecule has 0 spiro atoms. The average Bonchev–Trinajstić information content (AvgIpc) is 3.57. The summed E-state index contributed by atoms with van der Waals surface area (Å²) in [5.41, 5.74) is 13.6. The van der Waals surface area contributed by atoms with Crippen LogP contribution in [0, 0.1) is 0 Å². The van der Waals surface area contributed by atoms with E-state index in [1.807, 2.05) is 54.6 Å². The normalized spacial score (nSPS) is 16.0. The first-order valence-corrected chi connectivity index (χ1v) is 22.8. The summed E-state index contributed by atoms with van der Waals surface area (Å²) in [5.74, 6) is 1.72. The van der Waals surface area contributed by atoms with Crippen molar-refractivity contribution in [3.05, 3.63) is 263 Å². The van der Waals surface area contributed by atoms with Crippen LogP contribution in [0.1, 0.15) is 51.3 Å². The molecule has 2 aliphatic rings. The molecular weight excluding hydrogens is 777 g/mol. The molecule has 3 nitrogen and oxygen atoms in total. The highest BCUT2D eigenvalue weighted by atomic mass is 32.3. The lowest BCUT2D eigenvalue weighted by Crippen LogP contribution is -2.34. The quantitative estimate of drug-likeness (QED) is 0.148. The van der Waals surface area contributed by atoms with Gasteiger partial charge in [-0.1, -0.05) is 192 Å². The van der Waals surface area contributed by atoms with Gasteiger partial charge >= 0.3 is 0 Å². The van der Waals surface area contributed by atoms with Gasteiger partial charge < -0.3 is 4.74 Å². The Labute approximate surface area is 364 Å². The van der Waals surface area contributed by atoms with Gasteiger partial charge in [-0.15, -0.1) is 0 Å². The first-order chi connectivity index (χ1) is 30.5. The zero-order chi connectivity index (χ0) is 41.7. The second-order valence-electron chi connectivity index (χ2n) is 16.3. The van der Waals surface area contributed by atoms with Crippen molar-refractivity contribution in [2.75, 3.05) is 0 Å². The summed E-state index contributed by atoms with van der Waals surface area (Å²) in [5, 5.41) is 0. The molecule has 2 heterocycles. The Morgan fingerprint density at radius 2 is 0.919 bits per heavy atom. The largest absolute Gasteiger partial charge is 0.457 e. The number of ether oxygens (including phenoxy) is 1. The summed E-state index contributed by atoms with van der Waals surface area (Å²) in [6, 6.07) is 78.6. The summed E-state index contributed by atoms with van der Waals surface area (Å²) >= 11 is 0. The molecule has 2 atom stereocenters. The fraction of sp³-hybridized carbons (Fsp3) is 0.0690. The predicted octanol–water partition coefficient (Wildman–Crippen LogP) is 14.6. The summed E-state index contributed by atoms with van der Waals surface area (Å²) in [6.45, 7) is 0. The molecule has 2 aliphatic heterocycles. The third kappa shape index (κ3) is 6.34. The Kier molecular flexibility index (Phi) is 9.41. The van der Waals surface area contributed by atoms with Crippen LogP contribution in [0.4, 0.5) is 0 Å². The molecule has 2 unspecified atom stereocenters. The van der Waals surface area contributed by atoms with Crippen LogP contribution in [0.5, 0.6) is 11.5 Å². The van der Waals surface area contributed by atoms with Gasteiger partial charge in [0.25, 0.3) is 10.2 Å². The first-order valence-electron chi connectivity index (χ1n) is 21.3. The van der Waals surface area contributed by atoms with Crippen LogP contribution in [0.3, 0.4) is 0 Å². The molecule has 11 rings (SSSR count). The van der Waals surface area contributed by atoms with Gasteiger partial charge in [0.15, 0.2) is 0 Å². The number of rotatable bonds is 9. The molecule has 4 heteroatoms. The Hall–Kier alpha value is -7.11. The summed E-state index contributed by atoms with van der Waals surface area (Å²) in [4.78, 5) is 0.922. The van der Waals surface area contributed by atoms with Crippen molar-refractivity contribution in [3.8, 4) is 44.9 Å². The van der Waals surface area contributed by atoms with Gasteiger partial charge in [-0.3, -0.25) is 0 Å². The van der Waals surface area contributed by atoms with Crippen molar-refractivity contribution in [3.63, 3.8) is 0 Å². The summed E-state index contributed by atoms with van der Waals surface area (Å²) in [7, 11) is -3.39. The van der Waals surface area contributed by atoms with E-state index in [-0.39, 0.29) is 5.92 Å². The molecule has 0 radical (unpaired) electrons. The van der Waals surface area contributed by atoms with Gasteiger partial charge in [-0.2, -0.15) is 4.55 Å². The Morgan fingerprint density at radius 1 is 0.452 bits per heavy atom. The van der Waals surface area contributed by atoms with Gasteiger partial charge in [0.1, 0.15) is 11.5 Å². The molecule has 298 valence electrons. The highest BCUT2D eigenvalue weighted by Gasteiger charge is 2.49. The van der Waals surface area contributed by atoms with Gasteiger partial charge in [-0.05, 0) is 99.3 Å². The molecular formula is C58H43O3S+. The molecule has 0 aliphatic carbocycles. The number of hydrogen-bond donors (Lipinski definition) is 1. The maximum atomic E-state index is 13.9. The smallest absolute Gasteiger partial charge is 0.282 e. The maximum Gasteiger partial charge on any atom is 0.282 e. The van der Waals surface area contributed by atoms with Crippen LogP contribution >= 0.6 is 0 Å². The van der Waals surface area contributed by atoms with E-state index in [4.69, 9.17) is 4.74 Å². The zero-order valence-corrected chi connectivity index (χ0v) is 34.8. The number of benzene rings is 9. The number of fused-ring (bicyclic) bond motifs is 5. The topological polar surface area (TPSA) is 46.5 Å². The maximum absolute atomic E-state index is 13.9. The van der Waals surface area contributed by atoms with E-state index >= 15 is 0 Å². The molecule has 0 bridgehead atoms. The zero-order valence-electron chi connectivity index (χ0n) is 34.0. The van der Waals surface area contributed by atoms with Crippen molar-refractivity contribution < 1.29 is 13.5 Å². The lowest BCUT2D eigenvalue weighted by molar-refractivity contribution is 0.434. The van der Waals surface area contributed by atoms with Crippen molar-refractivity contribution in [2.45, 2.75) is 34.0 Å². The van der Waals surface area contributed by atoms with Crippen molar-refractivity contribution in [1.29, 1.82) is 0 Å². The Bertz CT molecular complexity index is 3070. The van der Waals surface area contributed by atoms with Crippen molar-refractivity contribution >= 4 is 10.2 Å². The van der Waals surface area contributed by atoms with Crippen LogP contribution in [-0.2, 0) is 26.3 Å². The average molecular weight is 820 g/mol. The van der Waals surface area contributed by atoms with Crippen LogP contribution in [0.15, 0.2) is 234 Å². The van der Waals surface area contributed by atoms with Gasteiger partial charge in [0, 0.05) is 28.2 Å². The minimum Gasteiger partial charge on any atom is -0.457 e. The Balaban J connectivity index is 1.03. The van der Waals surface area contributed by atoms with Gasteiger partial charge in [0.2, 0.25) is 9.79 Å².